The first-order valence-corrected chi connectivity index (χ1v) is 8.91. The molecule has 0 saturated carbocycles. The summed E-state index contributed by atoms with van der Waals surface area (Å²) in [5.74, 6) is 0. The Morgan fingerprint density at radius 2 is 2.14 bits per heavy atom. The van der Waals surface area contributed by atoms with Gasteiger partial charge in [0.2, 0.25) is 0 Å². The molecule has 118 valence electrons. The third-order valence-corrected chi connectivity index (χ3v) is 5.62. The van der Waals surface area contributed by atoms with Crippen LogP contribution in [0.4, 0.5) is 0 Å². The van der Waals surface area contributed by atoms with Gasteiger partial charge in [0, 0.05) is 11.4 Å². The monoisotopic (exact) mass is 316 g/mol. The first-order valence-electron chi connectivity index (χ1n) is 8.10. The highest BCUT2D eigenvalue weighted by molar-refractivity contribution is 7.11. The first-order chi connectivity index (χ1) is 10.6. The number of aliphatic hydroxyl groups is 1. The minimum atomic E-state index is -0.475. The van der Waals surface area contributed by atoms with E-state index in [1.54, 1.807) is 0 Å². The highest BCUT2D eigenvalue weighted by Crippen LogP contribution is 2.29. The van der Waals surface area contributed by atoms with Crippen molar-refractivity contribution in [2.24, 2.45) is 0 Å². The van der Waals surface area contributed by atoms with E-state index in [4.69, 9.17) is 4.98 Å². The van der Waals surface area contributed by atoms with Gasteiger partial charge in [-0.2, -0.15) is 0 Å². The standard InChI is InChI=1S/C18H24N2OS/c1-12-6-5-7-14(10-12)16(21)11-19-13(2)18-20-15-8-3-4-9-17(15)22-18/h5-7,10,13,16,19,21H,3-4,8-9,11H2,1-2H3. The Morgan fingerprint density at radius 3 is 2.91 bits per heavy atom. The molecule has 2 atom stereocenters. The summed E-state index contributed by atoms with van der Waals surface area (Å²) >= 11 is 1.84. The molecule has 2 N–H and O–H groups in total. The highest BCUT2D eigenvalue weighted by atomic mass is 32.1. The van der Waals surface area contributed by atoms with Crippen molar-refractivity contribution in [1.29, 1.82) is 0 Å². The smallest absolute Gasteiger partial charge is 0.110 e. The van der Waals surface area contributed by atoms with Crippen LogP contribution in [-0.2, 0) is 12.8 Å². The number of benzene rings is 1. The van der Waals surface area contributed by atoms with Gasteiger partial charge < -0.3 is 10.4 Å². The minimum absolute atomic E-state index is 0.190. The van der Waals surface area contributed by atoms with Gasteiger partial charge in [-0.1, -0.05) is 29.8 Å². The Balaban J connectivity index is 1.60. The fourth-order valence-corrected chi connectivity index (χ4v) is 4.11. The summed E-state index contributed by atoms with van der Waals surface area (Å²) in [6, 6.07) is 8.25. The van der Waals surface area contributed by atoms with Gasteiger partial charge in [0.25, 0.3) is 0 Å². The number of aryl methyl sites for hydroxylation is 3. The number of fused-ring (bicyclic) bond motifs is 1. The molecule has 3 rings (SSSR count). The average Bonchev–Trinajstić information content (AvgIpc) is 2.96. The van der Waals surface area contributed by atoms with Crippen molar-refractivity contribution >= 4 is 11.3 Å². The molecule has 3 nitrogen and oxygen atoms in total. The number of aliphatic hydroxyl groups excluding tert-OH is 1. The third-order valence-electron chi connectivity index (χ3n) is 4.28. The number of hydrogen-bond acceptors (Lipinski definition) is 4. The maximum atomic E-state index is 10.3. The summed E-state index contributed by atoms with van der Waals surface area (Å²) in [7, 11) is 0. The summed E-state index contributed by atoms with van der Waals surface area (Å²) in [6.07, 6.45) is 4.40. The van der Waals surface area contributed by atoms with E-state index < -0.39 is 6.10 Å². The molecule has 0 spiro atoms. The molecule has 1 heterocycles. The lowest BCUT2D eigenvalue weighted by Gasteiger charge is -2.16. The second-order valence-corrected chi connectivity index (χ2v) is 7.30. The molecule has 1 aliphatic rings. The van der Waals surface area contributed by atoms with Gasteiger partial charge in [0.1, 0.15) is 5.01 Å². The lowest BCUT2D eigenvalue weighted by molar-refractivity contribution is 0.170. The molecule has 0 aliphatic heterocycles. The summed E-state index contributed by atoms with van der Waals surface area (Å²) in [5, 5.41) is 14.9. The van der Waals surface area contributed by atoms with Crippen molar-refractivity contribution in [3.05, 3.63) is 51.0 Å². The molecule has 0 radical (unpaired) electrons. The number of nitrogens with zero attached hydrogens (tertiary/aromatic N) is 1. The Bertz CT molecular complexity index is 614. The molecule has 1 aliphatic carbocycles. The van der Waals surface area contributed by atoms with E-state index in [2.05, 4.69) is 12.2 Å². The van der Waals surface area contributed by atoms with Gasteiger partial charge in [-0.25, -0.2) is 4.98 Å². The minimum Gasteiger partial charge on any atom is -0.387 e. The number of hydrogen-bond donors (Lipinski definition) is 2. The van der Waals surface area contributed by atoms with Crippen molar-refractivity contribution < 1.29 is 5.11 Å². The lowest BCUT2D eigenvalue weighted by Crippen LogP contribution is -2.24. The molecular weight excluding hydrogens is 292 g/mol. The topological polar surface area (TPSA) is 45.1 Å². The second kappa shape index (κ2) is 6.90. The van der Waals surface area contributed by atoms with E-state index in [9.17, 15) is 5.11 Å². The molecule has 1 aromatic heterocycles. The largest absolute Gasteiger partial charge is 0.387 e. The summed E-state index contributed by atoms with van der Waals surface area (Å²) < 4.78 is 0. The van der Waals surface area contributed by atoms with Crippen LogP contribution in [0.1, 0.15) is 58.6 Å². The van der Waals surface area contributed by atoms with E-state index in [-0.39, 0.29) is 6.04 Å². The van der Waals surface area contributed by atoms with Gasteiger partial charge in [-0.15, -0.1) is 11.3 Å². The number of aromatic nitrogens is 1. The predicted octanol–water partition coefficient (Wildman–Crippen LogP) is 3.71. The van der Waals surface area contributed by atoms with Crippen molar-refractivity contribution in [2.75, 3.05) is 6.54 Å². The van der Waals surface area contributed by atoms with Crippen molar-refractivity contribution in [1.82, 2.24) is 10.3 Å². The van der Waals surface area contributed by atoms with E-state index >= 15 is 0 Å². The lowest BCUT2D eigenvalue weighted by atomic mass is 10.0. The fraction of sp³-hybridized carbons (Fsp3) is 0.500. The molecule has 0 bridgehead atoms. The van der Waals surface area contributed by atoms with Crippen LogP contribution in [-0.4, -0.2) is 16.6 Å². The van der Waals surface area contributed by atoms with Gasteiger partial charge in [0.15, 0.2) is 0 Å². The van der Waals surface area contributed by atoms with Crippen LogP contribution in [0.25, 0.3) is 0 Å². The fourth-order valence-electron chi connectivity index (χ4n) is 2.93. The van der Waals surface area contributed by atoms with Crippen LogP contribution in [0.3, 0.4) is 0 Å². The maximum absolute atomic E-state index is 10.3. The van der Waals surface area contributed by atoms with Crippen LogP contribution in [0, 0.1) is 6.92 Å². The van der Waals surface area contributed by atoms with E-state index in [0.29, 0.717) is 6.54 Å². The molecular formula is C18H24N2OS. The van der Waals surface area contributed by atoms with Crippen molar-refractivity contribution in [3.8, 4) is 0 Å². The molecule has 1 aromatic carbocycles. The zero-order valence-electron chi connectivity index (χ0n) is 13.3. The molecule has 0 amide bonds. The van der Waals surface area contributed by atoms with Crippen LogP contribution in [0.2, 0.25) is 0 Å². The zero-order chi connectivity index (χ0) is 15.5. The second-order valence-electron chi connectivity index (χ2n) is 6.19. The normalized spacial score (nSPS) is 17.0. The van der Waals surface area contributed by atoms with E-state index in [0.717, 1.165) is 17.0 Å². The van der Waals surface area contributed by atoms with Crippen molar-refractivity contribution in [2.45, 2.75) is 51.7 Å². The van der Waals surface area contributed by atoms with Gasteiger partial charge in [0.05, 0.1) is 17.8 Å². The Labute approximate surface area is 136 Å². The average molecular weight is 316 g/mol. The zero-order valence-corrected chi connectivity index (χ0v) is 14.1. The van der Waals surface area contributed by atoms with Crippen molar-refractivity contribution in [3.63, 3.8) is 0 Å². The molecule has 22 heavy (non-hydrogen) atoms. The summed E-state index contributed by atoms with van der Waals surface area (Å²) in [6.45, 7) is 4.73. The maximum Gasteiger partial charge on any atom is 0.110 e. The summed E-state index contributed by atoms with van der Waals surface area (Å²) in [5.41, 5.74) is 3.45. The molecule has 0 fully saturated rings. The van der Waals surface area contributed by atoms with Crippen LogP contribution in [0.5, 0.6) is 0 Å². The van der Waals surface area contributed by atoms with Crippen LogP contribution >= 0.6 is 11.3 Å². The predicted molar refractivity (Wildman–Crippen MR) is 91.3 cm³/mol. The summed E-state index contributed by atoms with van der Waals surface area (Å²) in [4.78, 5) is 6.26. The SMILES string of the molecule is Cc1cccc(C(O)CNC(C)c2nc3c(s2)CCCC3)c1. The number of thiazole rings is 1. The number of nitrogens with one attached hydrogen (secondary N) is 1. The van der Waals surface area contributed by atoms with Gasteiger partial charge >= 0.3 is 0 Å². The molecule has 4 heteroatoms. The first kappa shape index (κ1) is 15.7. The molecule has 2 unspecified atom stereocenters. The van der Waals surface area contributed by atoms with Crippen LogP contribution < -0.4 is 5.32 Å². The van der Waals surface area contributed by atoms with E-state index in [1.807, 2.05) is 42.5 Å². The third kappa shape index (κ3) is 3.57. The number of rotatable bonds is 5. The Kier molecular flexibility index (Phi) is 4.91. The van der Waals surface area contributed by atoms with Gasteiger partial charge in [-0.3, -0.25) is 0 Å². The molecule has 0 saturated heterocycles. The van der Waals surface area contributed by atoms with Gasteiger partial charge in [-0.05, 0) is 45.1 Å². The molecule has 2 aromatic rings. The quantitative estimate of drug-likeness (QED) is 0.884. The highest BCUT2D eigenvalue weighted by Gasteiger charge is 2.19. The van der Waals surface area contributed by atoms with Crippen LogP contribution in [0.15, 0.2) is 24.3 Å². The van der Waals surface area contributed by atoms with E-state index in [1.165, 1.54) is 35.4 Å². The Hall–Kier alpha value is -1.23. The Morgan fingerprint density at radius 1 is 1.32 bits per heavy atom.